The van der Waals surface area contributed by atoms with Gasteiger partial charge >= 0.3 is 6.18 Å². The predicted molar refractivity (Wildman–Crippen MR) is 53.7 cm³/mol. The molecule has 5 heteroatoms. The van der Waals surface area contributed by atoms with Crippen molar-refractivity contribution < 1.29 is 13.2 Å². The molecule has 1 rings (SSSR count). The van der Waals surface area contributed by atoms with E-state index in [0.29, 0.717) is 3.57 Å². The van der Waals surface area contributed by atoms with Gasteiger partial charge in [0.2, 0.25) is 0 Å². The molecule has 0 amide bonds. The van der Waals surface area contributed by atoms with Gasteiger partial charge in [-0.05, 0) is 40.3 Å². The average molecular weight is 320 g/mol. The fourth-order valence-corrected chi connectivity index (χ4v) is 1.65. The van der Waals surface area contributed by atoms with E-state index in [0.717, 1.165) is 6.07 Å². The SMILES string of the molecule is FC(F)(F)c1cc(I)ccc1CCl. The van der Waals surface area contributed by atoms with Crippen molar-refractivity contribution >= 4 is 34.2 Å². The number of halogens is 5. The Balaban J connectivity index is 3.24. The quantitative estimate of drug-likeness (QED) is 0.541. The molecule has 0 saturated carbocycles. The van der Waals surface area contributed by atoms with Crippen LogP contribution in [-0.2, 0) is 12.1 Å². The molecule has 0 atom stereocenters. The minimum atomic E-state index is -4.31. The summed E-state index contributed by atoms with van der Waals surface area (Å²) < 4.78 is 37.6. The summed E-state index contributed by atoms with van der Waals surface area (Å²) >= 11 is 7.22. The first kappa shape index (κ1) is 11.1. The van der Waals surface area contributed by atoms with Gasteiger partial charge in [-0.1, -0.05) is 6.07 Å². The maximum absolute atomic E-state index is 12.4. The Labute approximate surface area is 92.2 Å². The second-order valence-electron chi connectivity index (χ2n) is 2.43. The second kappa shape index (κ2) is 4.04. The van der Waals surface area contributed by atoms with Gasteiger partial charge in [0.1, 0.15) is 0 Å². The topological polar surface area (TPSA) is 0 Å². The molecule has 1 aromatic carbocycles. The predicted octanol–water partition coefficient (Wildman–Crippen LogP) is 4.05. The lowest BCUT2D eigenvalue weighted by Gasteiger charge is -2.10. The molecule has 0 heterocycles. The van der Waals surface area contributed by atoms with Gasteiger partial charge in [-0.25, -0.2) is 0 Å². The Kier molecular flexibility index (Phi) is 3.45. The largest absolute Gasteiger partial charge is 0.416 e. The lowest BCUT2D eigenvalue weighted by atomic mass is 10.1. The maximum atomic E-state index is 12.4. The van der Waals surface area contributed by atoms with E-state index < -0.39 is 11.7 Å². The van der Waals surface area contributed by atoms with Crippen LogP contribution in [0.4, 0.5) is 13.2 Å². The van der Waals surface area contributed by atoms with E-state index >= 15 is 0 Å². The number of benzene rings is 1. The highest BCUT2D eigenvalue weighted by Crippen LogP contribution is 2.33. The van der Waals surface area contributed by atoms with Gasteiger partial charge < -0.3 is 0 Å². The summed E-state index contributed by atoms with van der Waals surface area (Å²) in [4.78, 5) is 0. The van der Waals surface area contributed by atoms with E-state index in [1.165, 1.54) is 6.07 Å². The molecule has 72 valence electrons. The Morgan fingerprint density at radius 2 is 1.92 bits per heavy atom. The van der Waals surface area contributed by atoms with E-state index in [9.17, 15) is 13.2 Å². The molecule has 0 fully saturated rings. The summed E-state index contributed by atoms with van der Waals surface area (Å²) in [5.41, 5.74) is -0.524. The Morgan fingerprint density at radius 1 is 1.31 bits per heavy atom. The van der Waals surface area contributed by atoms with Gasteiger partial charge in [0, 0.05) is 9.45 Å². The standard InChI is InChI=1S/C8H5ClF3I/c9-4-5-1-2-6(13)3-7(5)8(10,11)12/h1-3H,4H2. The van der Waals surface area contributed by atoms with Crippen LogP contribution in [0.2, 0.25) is 0 Å². The molecule has 0 N–H and O–H groups in total. The first-order chi connectivity index (χ1) is 5.95. The van der Waals surface area contributed by atoms with Crippen molar-refractivity contribution in [3.8, 4) is 0 Å². The third kappa shape index (κ3) is 2.74. The Hall–Kier alpha value is 0.0300. The van der Waals surface area contributed by atoms with Crippen molar-refractivity contribution in [1.29, 1.82) is 0 Å². The summed E-state index contributed by atoms with van der Waals surface area (Å²) in [6, 6.07) is 4.10. The molecule has 0 bridgehead atoms. The minimum absolute atomic E-state index is 0.119. The highest BCUT2D eigenvalue weighted by Gasteiger charge is 2.33. The molecule has 1 aromatic rings. The molecule has 0 aliphatic rings. The molecule has 0 spiro atoms. The van der Waals surface area contributed by atoms with Crippen LogP contribution in [0.1, 0.15) is 11.1 Å². The van der Waals surface area contributed by atoms with Gasteiger partial charge in [-0.15, -0.1) is 11.6 Å². The molecule has 0 radical (unpaired) electrons. The van der Waals surface area contributed by atoms with Crippen molar-refractivity contribution in [2.75, 3.05) is 0 Å². The highest BCUT2D eigenvalue weighted by atomic mass is 127. The molecular weight excluding hydrogens is 315 g/mol. The zero-order chi connectivity index (χ0) is 10.1. The zero-order valence-corrected chi connectivity index (χ0v) is 9.24. The fourth-order valence-electron chi connectivity index (χ4n) is 0.929. The Bertz CT molecular complexity index is 309. The summed E-state index contributed by atoms with van der Waals surface area (Å²) in [5, 5.41) is 0. The van der Waals surface area contributed by atoms with Crippen molar-refractivity contribution in [3.05, 3.63) is 32.9 Å². The smallest absolute Gasteiger partial charge is 0.166 e. The van der Waals surface area contributed by atoms with Gasteiger partial charge in [0.05, 0.1) is 5.56 Å². The summed E-state index contributed by atoms with van der Waals surface area (Å²) in [6.45, 7) is 0. The second-order valence-corrected chi connectivity index (χ2v) is 3.95. The van der Waals surface area contributed by atoms with E-state index in [1.807, 2.05) is 22.6 Å². The van der Waals surface area contributed by atoms with Crippen LogP contribution in [0, 0.1) is 3.57 Å². The summed E-state index contributed by atoms with van der Waals surface area (Å²) in [5.74, 6) is -0.119. The molecule has 0 aliphatic carbocycles. The molecule has 0 saturated heterocycles. The van der Waals surface area contributed by atoms with Crippen molar-refractivity contribution in [2.45, 2.75) is 12.1 Å². The van der Waals surface area contributed by atoms with Crippen LogP contribution in [0.25, 0.3) is 0 Å². The van der Waals surface area contributed by atoms with Crippen LogP contribution in [-0.4, -0.2) is 0 Å². The lowest BCUT2D eigenvalue weighted by Crippen LogP contribution is -2.08. The normalized spacial score (nSPS) is 11.8. The highest BCUT2D eigenvalue weighted by molar-refractivity contribution is 14.1. The molecular formula is C8H5ClF3I. The van der Waals surface area contributed by atoms with E-state index in [1.54, 1.807) is 6.07 Å². The molecule has 0 unspecified atom stereocenters. The third-order valence-corrected chi connectivity index (χ3v) is 2.48. The number of alkyl halides is 4. The van der Waals surface area contributed by atoms with Gasteiger partial charge in [0.25, 0.3) is 0 Å². The van der Waals surface area contributed by atoms with E-state index in [4.69, 9.17) is 11.6 Å². The first-order valence-corrected chi connectivity index (χ1v) is 4.98. The number of rotatable bonds is 1. The minimum Gasteiger partial charge on any atom is -0.166 e. The van der Waals surface area contributed by atoms with Gasteiger partial charge in [0.15, 0.2) is 0 Å². The lowest BCUT2D eigenvalue weighted by molar-refractivity contribution is -0.138. The van der Waals surface area contributed by atoms with Crippen molar-refractivity contribution in [2.24, 2.45) is 0 Å². The zero-order valence-electron chi connectivity index (χ0n) is 6.33. The van der Waals surface area contributed by atoms with Crippen LogP contribution >= 0.6 is 34.2 Å². The van der Waals surface area contributed by atoms with Crippen LogP contribution < -0.4 is 0 Å². The maximum Gasteiger partial charge on any atom is 0.416 e. The molecule has 0 aliphatic heterocycles. The average Bonchev–Trinajstić information content (AvgIpc) is 2.03. The third-order valence-electron chi connectivity index (χ3n) is 1.52. The van der Waals surface area contributed by atoms with Crippen LogP contribution in [0.3, 0.4) is 0 Å². The summed E-state index contributed by atoms with van der Waals surface area (Å²) in [6.07, 6.45) is -4.31. The van der Waals surface area contributed by atoms with Crippen molar-refractivity contribution in [3.63, 3.8) is 0 Å². The summed E-state index contributed by atoms with van der Waals surface area (Å²) in [7, 11) is 0. The van der Waals surface area contributed by atoms with Gasteiger partial charge in [-0.3, -0.25) is 0 Å². The van der Waals surface area contributed by atoms with E-state index in [2.05, 4.69) is 0 Å². The Morgan fingerprint density at radius 3 is 2.38 bits per heavy atom. The molecule has 0 aromatic heterocycles. The van der Waals surface area contributed by atoms with Crippen LogP contribution in [0.15, 0.2) is 18.2 Å². The number of hydrogen-bond acceptors (Lipinski definition) is 0. The first-order valence-electron chi connectivity index (χ1n) is 3.36. The fraction of sp³-hybridized carbons (Fsp3) is 0.250. The molecule has 0 nitrogen and oxygen atoms in total. The van der Waals surface area contributed by atoms with E-state index in [-0.39, 0.29) is 11.4 Å². The molecule has 13 heavy (non-hydrogen) atoms. The van der Waals surface area contributed by atoms with Crippen molar-refractivity contribution in [1.82, 2.24) is 0 Å². The van der Waals surface area contributed by atoms with Crippen LogP contribution in [0.5, 0.6) is 0 Å². The van der Waals surface area contributed by atoms with Gasteiger partial charge in [-0.2, -0.15) is 13.2 Å². The number of hydrogen-bond donors (Lipinski definition) is 0. The monoisotopic (exact) mass is 320 g/mol.